The summed E-state index contributed by atoms with van der Waals surface area (Å²) >= 11 is 1.32. The number of rotatable bonds is 4. The molecular weight excluding hydrogens is 381 g/mol. The molecule has 7 nitrogen and oxygen atoms in total. The van der Waals surface area contributed by atoms with Crippen LogP contribution in [0, 0.1) is 5.82 Å². The van der Waals surface area contributed by atoms with E-state index in [2.05, 4.69) is 20.7 Å². The van der Waals surface area contributed by atoms with Gasteiger partial charge in [0.2, 0.25) is 0 Å². The second-order valence-electron chi connectivity index (χ2n) is 5.84. The summed E-state index contributed by atoms with van der Waals surface area (Å²) < 4.78 is 14.9. The molecule has 3 aromatic heterocycles. The van der Waals surface area contributed by atoms with E-state index in [-0.39, 0.29) is 18.3 Å². The number of nitrogens with zero attached hydrogens (tertiary/aromatic N) is 3. The molecule has 4 aromatic rings. The summed E-state index contributed by atoms with van der Waals surface area (Å²) in [4.78, 5) is 29.4. The molecule has 0 saturated carbocycles. The van der Waals surface area contributed by atoms with E-state index in [1.165, 1.54) is 34.5 Å². The molecule has 1 aromatic carbocycles. The summed E-state index contributed by atoms with van der Waals surface area (Å²) in [5, 5.41) is 12.0. The van der Waals surface area contributed by atoms with Crippen LogP contribution in [0.4, 0.5) is 15.0 Å². The maximum atomic E-state index is 13.7. The van der Waals surface area contributed by atoms with Crippen molar-refractivity contribution in [2.75, 3.05) is 5.32 Å². The number of fused-ring (bicyclic) bond motifs is 1. The van der Waals surface area contributed by atoms with Crippen LogP contribution in [0.3, 0.4) is 0 Å². The zero-order valence-electron chi connectivity index (χ0n) is 14.4. The number of hydrogen-bond donors (Lipinski definition) is 2. The summed E-state index contributed by atoms with van der Waals surface area (Å²) in [5.41, 5.74) is 0.800. The Labute approximate surface area is 162 Å². The smallest absolute Gasteiger partial charge is 0.332 e. The van der Waals surface area contributed by atoms with Crippen LogP contribution in [0.15, 0.2) is 60.2 Å². The molecule has 2 amide bonds. The minimum absolute atomic E-state index is 0.0247. The van der Waals surface area contributed by atoms with Crippen molar-refractivity contribution in [3.8, 4) is 0 Å². The van der Waals surface area contributed by atoms with Gasteiger partial charge in [-0.25, -0.2) is 9.18 Å². The van der Waals surface area contributed by atoms with Crippen molar-refractivity contribution in [2.45, 2.75) is 6.54 Å². The molecule has 28 heavy (non-hydrogen) atoms. The summed E-state index contributed by atoms with van der Waals surface area (Å²) in [7, 11) is 0. The summed E-state index contributed by atoms with van der Waals surface area (Å²) in [6.07, 6.45) is 3.04. The van der Waals surface area contributed by atoms with E-state index in [0.717, 1.165) is 0 Å². The van der Waals surface area contributed by atoms with Gasteiger partial charge in [0.05, 0.1) is 5.39 Å². The van der Waals surface area contributed by atoms with Crippen molar-refractivity contribution >= 4 is 39.3 Å². The van der Waals surface area contributed by atoms with Crippen LogP contribution < -0.4 is 10.6 Å². The van der Waals surface area contributed by atoms with Gasteiger partial charge in [-0.3, -0.25) is 9.78 Å². The molecule has 0 bridgehead atoms. The number of aromatic nitrogens is 3. The first-order chi connectivity index (χ1) is 13.6. The van der Waals surface area contributed by atoms with E-state index in [1.54, 1.807) is 41.8 Å². The van der Waals surface area contributed by atoms with Crippen LogP contribution in [-0.2, 0) is 6.54 Å². The first kappa shape index (κ1) is 17.8. The van der Waals surface area contributed by atoms with E-state index in [1.807, 2.05) is 0 Å². The Kier molecular flexibility index (Phi) is 4.81. The molecule has 0 atom stereocenters. The fourth-order valence-electron chi connectivity index (χ4n) is 2.65. The van der Waals surface area contributed by atoms with Crippen molar-refractivity contribution in [3.63, 3.8) is 0 Å². The van der Waals surface area contributed by atoms with Crippen LogP contribution in [0.2, 0.25) is 0 Å². The molecule has 3 heterocycles. The van der Waals surface area contributed by atoms with Gasteiger partial charge < -0.3 is 10.6 Å². The molecule has 140 valence electrons. The molecule has 0 aliphatic carbocycles. The molecule has 0 saturated heterocycles. The third-order valence-corrected chi connectivity index (χ3v) is 4.94. The summed E-state index contributed by atoms with van der Waals surface area (Å²) in [6.45, 7) is 0.0247. The van der Waals surface area contributed by atoms with Crippen LogP contribution in [0.5, 0.6) is 0 Å². The van der Waals surface area contributed by atoms with Gasteiger partial charge in [-0.05, 0) is 29.6 Å². The van der Waals surface area contributed by atoms with Gasteiger partial charge in [-0.2, -0.15) is 4.68 Å². The number of carbonyl (C=O) groups excluding carboxylic acids is 2. The second kappa shape index (κ2) is 7.57. The molecule has 0 radical (unpaired) electrons. The Hall–Kier alpha value is -3.59. The zero-order valence-corrected chi connectivity index (χ0v) is 15.2. The number of carbonyl (C=O) groups is 2. The van der Waals surface area contributed by atoms with Crippen molar-refractivity contribution in [1.82, 2.24) is 20.1 Å². The van der Waals surface area contributed by atoms with Gasteiger partial charge in [-0.1, -0.05) is 18.2 Å². The van der Waals surface area contributed by atoms with Gasteiger partial charge in [0, 0.05) is 30.1 Å². The minimum atomic E-state index is -0.514. The summed E-state index contributed by atoms with van der Waals surface area (Å²) in [5.74, 6) is -0.471. The molecule has 9 heteroatoms. The molecule has 0 spiro atoms. The molecule has 2 N–H and O–H groups in total. The largest absolute Gasteiger partial charge is 0.343 e. The SMILES string of the molecule is O=C(Nc1nn(C(=O)NCc2ccccc2F)c2sccc12)c1ccncc1. The van der Waals surface area contributed by atoms with Gasteiger partial charge in [0.1, 0.15) is 10.6 Å². The molecule has 0 fully saturated rings. The number of anilines is 1. The monoisotopic (exact) mass is 395 g/mol. The predicted molar refractivity (Wildman–Crippen MR) is 104 cm³/mol. The number of pyridine rings is 1. The predicted octanol–water partition coefficient (Wildman–Crippen LogP) is 3.64. The average Bonchev–Trinajstić information content (AvgIpc) is 3.32. The third kappa shape index (κ3) is 3.47. The number of hydrogen-bond acceptors (Lipinski definition) is 5. The Morgan fingerprint density at radius 3 is 2.68 bits per heavy atom. The van der Waals surface area contributed by atoms with Crippen LogP contribution in [-0.4, -0.2) is 26.7 Å². The first-order valence-corrected chi connectivity index (χ1v) is 9.20. The van der Waals surface area contributed by atoms with Crippen molar-refractivity contribution in [2.24, 2.45) is 0 Å². The lowest BCUT2D eigenvalue weighted by Crippen LogP contribution is -2.29. The number of amides is 2. The molecule has 0 aliphatic rings. The standard InChI is InChI=1S/C19H14FN5O2S/c20-15-4-2-1-3-13(15)11-22-19(27)25-18-14(7-10-28-18)16(24-25)23-17(26)12-5-8-21-9-6-12/h1-10H,11H2,(H,22,27)(H,23,24,26). The third-order valence-electron chi connectivity index (χ3n) is 4.05. The Balaban J connectivity index is 1.55. The number of halogens is 1. The Morgan fingerprint density at radius 2 is 1.89 bits per heavy atom. The highest BCUT2D eigenvalue weighted by molar-refractivity contribution is 7.17. The lowest BCUT2D eigenvalue weighted by atomic mass is 10.2. The lowest BCUT2D eigenvalue weighted by Gasteiger charge is -2.06. The normalized spacial score (nSPS) is 10.8. The molecule has 4 rings (SSSR count). The highest BCUT2D eigenvalue weighted by Crippen LogP contribution is 2.28. The van der Waals surface area contributed by atoms with Crippen LogP contribution >= 0.6 is 11.3 Å². The first-order valence-electron chi connectivity index (χ1n) is 8.32. The maximum absolute atomic E-state index is 13.7. The van der Waals surface area contributed by atoms with Crippen molar-refractivity contribution in [1.29, 1.82) is 0 Å². The fraction of sp³-hybridized carbons (Fsp3) is 0.0526. The molecule has 0 unspecified atom stereocenters. The maximum Gasteiger partial charge on any atom is 0.343 e. The Morgan fingerprint density at radius 1 is 1.11 bits per heavy atom. The average molecular weight is 395 g/mol. The second-order valence-corrected chi connectivity index (χ2v) is 6.73. The quantitative estimate of drug-likeness (QED) is 0.552. The molecule has 0 aliphatic heterocycles. The Bertz CT molecular complexity index is 1160. The van der Waals surface area contributed by atoms with E-state index < -0.39 is 11.8 Å². The highest BCUT2D eigenvalue weighted by atomic mass is 32.1. The van der Waals surface area contributed by atoms with Gasteiger partial charge in [0.15, 0.2) is 5.82 Å². The fourth-order valence-corrected chi connectivity index (χ4v) is 3.49. The van der Waals surface area contributed by atoms with E-state index in [4.69, 9.17) is 0 Å². The van der Waals surface area contributed by atoms with E-state index >= 15 is 0 Å². The molecular formula is C19H14FN5O2S. The van der Waals surface area contributed by atoms with E-state index in [0.29, 0.717) is 21.3 Å². The number of thiophene rings is 1. The lowest BCUT2D eigenvalue weighted by molar-refractivity contribution is 0.102. The van der Waals surface area contributed by atoms with Crippen molar-refractivity contribution < 1.29 is 14.0 Å². The van der Waals surface area contributed by atoms with Gasteiger partial charge in [0.25, 0.3) is 5.91 Å². The number of nitrogens with one attached hydrogen (secondary N) is 2. The summed E-state index contributed by atoms with van der Waals surface area (Å²) in [6, 6.07) is 10.6. The zero-order chi connectivity index (χ0) is 19.5. The minimum Gasteiger partial charge on any atom is -0.332 e. The highest BCUT2D eigenvalue weighted by Gasteiger charge is 2.19. The van der Waals surface area contributed by atoms with E-state index in [9.17, 15) is 14.0 Å². The van der Waals surface area contributed by atoms with Gasteiger partial charge in [-0.15, -0.1) is 16.4 Å². The van der Waals surface area contributed by atoms with Crippen LogP contribution in [0.1, 0.15) is 15.9 Å². The topological polar surface area (TPSA) is 88.9 Å². The van der Waals surface area contributed by atoms with Crippen LogP contribution in [0.25, 0.3) is 10.2 Å². The number of benzene rings is 1. The van der Waals surface area contributed by atoms with Gasteiger partial charge >= 0.3 is 6.03 Å². The van der Waals surface area contributed by atoms with Crippen molar-refractivity contribution in [3.05, 3.63) is 77.2 Å².